The smallest absolute Gasteiger partial charge is 0.0908 e. The predicted molar refractivity (Wildman–Crippen MR) is 70.7 cm³/mol. The van der Waals surface area contributed by atoms with E-state index in [2.05, 4.69) is 37.0 Å². The monoisotopic (exact) mass is 228 g/mol. The fraction of sp³-hybridized carbons (Fsp3) is 0.500. The Morgan fingerprint density at radius 1 is 1.41 bits per heavy atom. The van der Waals surface area contributed by atoms with Crippen LogP contribution in [0.4, 0.5) is 0 Å². The summed E-state index contributed by atoms with van der Waals surface area (Å²) in [6.07, 6.45) is 3.44. The maximum Gasteiger partial charge on any atom is 0.0908 e. The van der Waals surface area contributed by atoms with Gasteiger partial charge in [0.2, 0.25) is 0 Å². The number of fused-ring (bicyclic) bond motifs is 1. The molecule has 1 aromatic carbocycles. The van der Waals surface area contributed by atoms with Crippen LogP contribution in [0, 0.1) is 11.8 Å². The molecule has 1 N–H and O–H groups in total. The molecule has 17 heavy (non-hydrogen) atoms. The van der Waals surface area contributed by atoms with Gasteiger partial charge in [0.05, 0.1) is 5.60 Å². The van der Waals surface area contributed by atoms with Gasteiger partial charge in [0, 0.05) is 6.42 Å². The molecule has 0 saturated carbocycles. The molecule has 2 atom stereocenters. The number of benzene rings is 1. The first-order valence-corrected chi connectivity index (χ1v) is 6.39. The van der Waals surface area contributed by atoms with E-state index in [1.807, 2.05) is 13.0 Å². The van der Waals surface area contributed by atoms with Gasteiger partial charge in [-0.2, -0.15) is 0 Å². The molecule has 0 spiro atoms. The Morgan fingerprint density at radius 2 is 2.18 bits per heavy atom. The summed E-state index contributed by atoms with van der Waals surface area (Å²) in [5.74, 6) is 6.51. The maximum absolute atomic E-state index is 10.8. The molecule has 0 aromatic heterocycles. The molecular weight excluding hydrogens is 208 g/mol. The summed E-state index contributed by atoms with van der Waals surface area (Å²) in [7, 11) is 0. The van der Waals surface area contributed by atoms with Crippen LogP contribution in [0.5, 0.6) is 0 Å². The van der Waals surface area contributed by atoms with Crippen LogP contribution in [0.3, 0.4) is 0 Å². The molecule has 90 valence electrons. The minimum absolute atomic E-state index is 0.559. The van der Waals surface area contributed by atoms with Gasteiger partial charge in [-0.15, -0.1) is 11.8 Å². The van der Waals surface area contributed by atoms with Gasteiger partial charge in [-0.1, -0.05) is 31.2 Å². The lowest BCUT2D eigenvalue weighted by molar-refractivity contribution is 0.00847. The molecule has 1 heteroatoms. The van der Waals surface area contributed by atoms with Crippen molar-refractivity contribution in [2.45, 2.75) is 51.0 Å². The number of hydrogen-bond donors (Lipinski definition) is 1. The Morgan fingerprint density at radius 3 is 2.94 bits per heavy atom. The van der Waals surface area contributed by atoms with E-state index in [9.17, 15) is 5.11 Å². The van der Waals surface area contributed by atoms with Crippen LogP contribution in [0.2, 0.25) is 0 Å². The number of rotatable bonds is 2. The molecule has 1 aliphatic carbocycles. The van der Waals surface area contributed by atoms with Gasteiger partial charge in [0.15, 0.2) is 0 Å². The van der Waals surface area contributed by atoms with E-state index in [1.54, 1.807) is 0 Å². The zero-order chi connectivity index (χ0) is 12.3. The molecule has 0 saturated heterocycles. The molecule has 1 aromatic rings. The lowest BCUT2D eigenvalue weighted by Gasteiger charge is -2.37. The topological polar surface area (TPSA) is 20.2 Å². The first kappa shape index (κ1) is 12.2. The van der Waals surface area contributed by atoms with Gasteiger partial charge in [-0.25, -0.2) is 0 Å². The van der Waals surface area contributed by atoms with Gasteiger partial charge >= 0.3 is 0 Å². The second-order valence-electron chi connectivity index (χ2n) is 4.99. The van der Waals surface area contributed by atoms with Crippen molar-refractivity contribution in [3.05, 3.63) is 35.4 Å². The highest BCUT2D eigenvalue weighted by Gasteiger charge is 2.35. The third-order valence-corrected chi connectivity index (χ3v) is 3.82. The lowest BCUT2D eigenvalue weighted by atomic mass is 9.72. The van der Waals surface area contributed by atoms with Gasteiger partial charge in [-0.05, 0) is 43.2 Å². The van der Waals surface area contributed by atoms with E-state index in [-0.39, 0.29) is 0 Å². The van der Waals surface area contributed by atoms with Crippen LogP contribution >= 0.6 is 0 Å². The van der Waals surface area contributed by atoms with E-state index >= 15 is 0 Å². The van der Waals surface area contributed by atoms with Crippen molar-refractivity contribution in [1.29, 1.82) is 0 Å². The Labute approximate surface area is 104 Å². The van der Waals surface area contributed by atoms with Crippen molar-refractivity contribution in [3.8, 4) is 11.8 Å². The van der Waals surface area contributed by atoms with E-state index in [1.165, 1.54) is 5.56 Å². The fourth-order valence-electron chi connectivity index (χ4n) is 2.75. The molecule has 0 heterocycles. The largest absolute Gasteiger partial charge is 0.385 e. The summed E-state index contributed by atoms with van der Waals surface area (Å²) >= 11 is 0. The number of hydrogen-bond acceptors (Lipinski definition) is 1. The summed E-state index contributed by atoms with van der Waals surface area (Å²) in [5.41, 5.74) is 1.77. The highest BCUT2D eigenvalue weighted by Crippen LogP contribution is 2.43. The SMILES string of the molecule is CC#CCCC1(O)CCC(C)c2ccccc21. The summed E-state index contributed by atoms with van der Waals surface area (Å²) < 4.78 is 0. The minimum atomic E-state index is -0.660. The van der Waals surface area contributed by atoms with E-state index in [0.717, 1.165) is 31.2 Å². The average molecular weight is 228 g/mol. The Bertz CT molecular complexity index is 452. The zero-order valence-electron chi connectivity index (χ0n) is 10.7. The Kier molecular flexibility index (Phi) is 3.54. The lowest BCUT2D eigenvalue weighted by Crippen LogP contribution is -2.31. The molecule has 0 radical (unpaired) electrons. The zero-order valence-corrected chi connectivity index (χ0v) is 10.7. The van der Waals surface area contributed by atoms with Crippen LogP contribution in [0.25, 0.3) is 0 Å². The summed E-state index contributed by atoms with van der Waals surface area (Å²) in [5, 5.41) is 10.8. The quantitative estimate of drug-likeness (QED) is 0.767. The van der Waals surface area contributed by atoms with Crippen molar-refractivity contribution in [2.24, 2.45) is 0 Å². The molecule has 2 unspecified atom stereocenters. The molecular formula is C16H20O. The van der Waals surface area contributed by atoms with Crippen molar-refractivity contribution in [2.75, 3.05) is 0 Å². The van der Waals surface area contributed by atoms with Crippen LogP contribution in [0.15, 0.2) is 24.3 Å². The molecule has 0 amide bonds. The molecule has 1 nitrogen and oxygen atoms in total. The highest BCUT2D eigenvalue weighted by atomic mass is 16.3. The normalized spacial score (nSPS) is 26.9. The van der Waals surface area contributed by atoms with Crippen LogP contribution in [-0.2, 0) is 5.60 Å². The molecule has 1 aliphatic rings. The van der Waals surface area contributed by atoms with Gasteiger partial charge in [-0.3, -0.25) is 0 Å². The van der Waals surface area contributed by atoms with E-state index in [4.69, 9.17) is 0 Å². The average Bonchev–Trinajstić information content (AvgIpc) is 2.35. The third kappa shape index (κ3) is 2.37. The van der Waals surface area contributed by atoms with Crippen molar-refractivity contribution < 1.29 is 5.11 Å². The highest BCUT2D eigenvalue weighted by molar-refractivity contribution is 5.37. The Balaban J connectivity index is 2.30. The second kappa shape index (κ2) is 4.94. The predicted octanol–water partition coefficient (Wildman–Crippen LogP) is 3.58. The summed E-state index contributed by atoms with van der Waals surface area (Å²) in [6.45, 7) is 4.09. The Hall–Kier alpha value is -1.26. The van der Waals surface area contributed by atoms with Crippen molar-refractivity contribution in [1.82, 2.24) is 0 Å². The fourth-order valence-corrected chi connectivity index (χ4v) is 2.75. The molecule has 0 fully saturated rings. The molecule has 0 bridgehead atoms. The summed E-state index contributed by atoms with van der Waals surface area (Å²) in [4.78, 5) is 0. The van der Waals surface area contributed by atoms with Crippen LogP contribution < -0.4 is 0 Å². The summed E-state index contributed by atoms with van der Waals surface area (Å²) in [6, 6.07) is 8.31. The van der Waals surface area contributed by atoms with Crippen LogP contribution in [0.1, 0.15) is 56.6 Å². The van der Waals surface area contributed by atoms with Crippen molar-refractivity contribution in [3.63, 3.8) is 0 Å². The van der Waals surface area contributed by atoms with E-state index in [0.29, 0.717) is 5.92 Å². The van der Waals surface area contributed by atoms with Gasteiger partial charge < -0.3 is 5.11 Å². The third-order valence-electron chi connectivity index (χ3n) is 3.82. The molecule has 0 aliphatic heterocycles. The first-order valence-electron chi connectivity index (χ1n) is 6.39. The first-order chi connectivity index (χ1) is 8.17. The van der Waals surface area contributed by atoms with E-state index < -0.39 is 5.60 Å². The standard InChI is InChI=1S/C16H20O/c1-3-4-7-11-16(17)12-10-13(2)14-8-5-6-9-15(14)16/h5-6,8-9,13,17H,7,10-12H2,1-2H3. The van der Waals surface area contributed by atoms with Crippen molar-refractivity contribution >= 4 is 0 Å². The van der Waals surface area contributed by atoms with Gasteiger partial charge in [0.25, 0.3) is 0 Å². The second-order valence-corrected chi connectivity index (χ2v) is 4.99. The van der Waals surface area contributed by atoms with Crippen LogP contribution in [-0.4, -0.2) is 5.11 Å². The molecule has 2 rings (SSSR count). The minimum Gasteiger partial charge on any atom is -0.385 e. The maximum atomic E-state index is 10.8. The number of aliphatic hydroxyl groups is 1. The van der Waals surface area contributed by atoms with Gasteiger partial charge in [0.1, 0.15) is 0 Å².